The molecule has 2 N–H and O–H groups in total. The van der Waals surface area contributed by atoms with Gasteiger partial charge in [0.05, 0.1) is 6.42 Å². The predicted octanol–water partition coefficient (Wildman–Crippen LogP) is 1.14. The highest BCUT2D eigenvalue weighted by atomic mass is 16.6. The first-order chi connectivity index (χ1) is 7.20. The van der Waals surface area contributed by atoms with Gasteiger partial charge >= 0.3 is 5.97 Å². The Morgan fingerprint density at radius 3 is 2.62 bits per heavy atom. The van der Waals surface area contributed by atoms with Crippen LogP contribution in [0.5, 0.6) is 0 Å². The topological polar surface area (TPSA) is 55.6 Å². The Morgan fingerprint density at radius 1 is 1.50 bits per heavy atom. The zero-order valence-electron chi connectivity index (χ0n) is 10.9. The van der Waals surface area contributed by atoms with Gasteiger partial charge in [0, 0.05) is 12.1 Å². The van der Waals surface area contributed by atoms with Crippen LogP contribution in [0, 0.1) is 0 Å². The molecule has 1 atom stereocenters. The van der Waals surface area contributed by atoms with Crippen LogP contribution in [-0.4, -0.2) is 42.1 Å². The summed E-state index contributed by atoms with van der Waals surface area (Å²) in [4.78, 5) is 13.9. The van der Waals surface area contributed by atoms with Crippen LogP contribution < -0.4 is 5.73 Å². The number of rotatable bonds is 2. The molecule has 1 aliphatic heterocycles. The van der Waals surface area contributed by atoms with Crippen LogP contribution in [0.4, 0.5) is 0 Å². The van der Waals surface area contributed by atoms with Crippen molar-refractivity contribution in [3.8, 4) is 0 Å². The number of carbonyl (C=O) groups is 1. The van der Waals surface area contributed by atoms with Gasteiger partial charge in [0.15, 0.2) is 0 Å². The molecule has 1 saturated heterocycles. The molecule has 1 rings (SSSR count). The third-order valence-corrected chi connectivity index (χ3v) is 2.72. The van der Waals surface area contributed by atoms with E-state index < -0.39 is 11.1 Å². The van der Waals surface area contributed by atoms with Crippen molar-refractivity contribution in [3.63, 3.8) is 0 Å². The van der Waals surface area contributed by atoms with Crippen molar-refractivity contribution in [2.45, 2.75) is 51.2 Å². The standard InChI is InChI=1S/C12H24N2O2/c1-11(2,3)16-10(15)8-12(13)6-5-7-14(4)9-12/h5-9,13H2,1-4H3. The van der Waals surface area contributed by atoms with Crippen molar-refractivity contribution in [3.05, 3.63) is 0 Å². The van der Waals surface area contributed by atoms with E-state index in [-0.39, 0.29) is 5.97 Å². The second-order valence-electron chi connectivity index (χ2n) is 5.97. The number of carbonyl (C=O) groups excluding carboxylic acids is 1. The average Bonchev–Trinajstić information content (AvgIpc) is 1.96. The number of esters is 1. The van der Waals surface area contributed by atoms with Crippen LogP contribution in [-0.2, 0) is 9.53 Å². The molecule has 0 aliphatic carbocycles. The summed E-state index contributed by atoms with van der Waals surface area (Å²) in [5, 5.41) is 0. The van der Waals surface area contributed by atoms with Gasteiger partial charge in [-0.25, -0.2) is 0 Å². The van der Waals surface area contributed by atoms with E-state index in [9.17, 15) is 4.79 Å². The minimum atomic E-state index is -0.423. The third-order valence-electron chi connectivity index (χ3n) is 2.72. The zero-order chi connectivity index (χ0) is 12.4. The molecule has 0 bridgehead atoms. The number of hydrogen-bond donors (Lipinski definition) is 1. The molecule has 1 heterocycles. The van der Waals surface area contributed by atoms with Crippen molar-refractivity contribution in [1.29, 1.82) is 0 Å². The molecule has 0 radical (unpaired) electrons. The Balaban J connectivity index is 2.49. The van der Waals surface area contributed by atoms with Crippen molar-refractivity contribution in [2.75, 3.05) is 20.1 Å². The summed E-state index contributed by atoms with van der Waals surface area (Å²) in [6.45, 7) is 7.46. The van der Waals surface area contributed by atoms with Gasteiger partial charge in [0.1, 0.15) is 5.60 Å². The molecule has 1 aliphatic rings. The van der Waals surface area contributed by atoms with E-state index in [0.29, 0.717) is 6.42 Å². The van der Waals surface area contributed by atoms with Gasteiger partial charge in [-0.2, -0.15) is 0 Å². The molecule has 1 fully saturated rings. The Bertz CT molecular complexity index is 260. The Labute approximate surface area is 98.1 Å². The Hall–Kier alpha value is -0.610. The fraction of sp³-hybridized carbons (Fsp3) is 0.917. The lowest BCUT2D eigenvalue weighted by atomic mass is 9.87. The lowest BCUT2D eigenvalue weighted by Gasteiger charge is -2.38. The van der Waals surface area contributed by atoms with E-state index in [0.717, 1.165) is 25.9 Å². The SMILES string of the molecule is CN1CCCC(N)(CC(=O)OC(C)(C)C)C1. The molecule has 0 spiro atoms. The van der Waals surface area contributed by atoms with Gasteiger partial charge in [-0.1, -0.05) is 0 Å². The molecule has 16 heavy (non-hydrogen) atoms. The van der Waals surface area contributed by atoms with Crippen LogP contribution in [0.3, 0.4) is 0 Å². The van der Waals surface area contributed by atoms with Gasteiger partial charge in [-0.05, 0) is 47.2 Å². The normalized spacial score (nSPS) is 27.8. The summed E-state index contributed by atoms with van der Waals surface area (Å²) < 4.78 is 5.30. The first-order valence-electron chi connectivity index (χ1n) is 5.89. The van der Waals surface area contributed by atoms with Crippen molar-refractivity contribution in [2.24, 2.45) is 5.73 Å². The summed E-state index contributed by atoms with van der Waals surface area (Å²) in [6, 6.07) is 0. The lowest BCUT2D eigenvalue weighted by Crippen LogP contribution is -2.54. The van der Waals surface area contributed by atoms with E-state index in [1.807, 2.05) is 27.8 Å². The minimum absolute atomic E-state index is 0.190. The monoisotopic (exact) mass is 228 g/mol. The number of nitrogens with zero attached hydrogens (tertiary/aromatic N) is 1. The maximum absolute atomic E-state index is 11.7. The second kappa shape index (κ2) is 4.72. The lowest BCUT2D eigenvalue weighted by molar-refractivity contribution is -0.156. The van der Waals surface area contributed by atoms with E-state index in [1.54, 1.807) is 0 Å². The van der Waals surface area contributed by atoms with Gasteiger partial charge in [0.25, 0.3) is 0 Å². The quantitative estimate of drug-likeness (QED) is 0.720. The maximum Gasteiger partial charge on any atom is 0.308 e. The Morgan fingerprint density at radius 2 is 2.12 bits per heavy atom. The number of hydrogen-bond acceptors (Lipinski definition) is 4. The molecule has 0 aromatic heterocycles. The zero-order valence-corrected chi connectivity index (χ0v) is 10.9. The van der Waals surface area contributed by atoms with Gasteiger partial charge in [-0.15, -0.1) is 0 Å². The average molecular weight is 228 g/mol. The van der Waals surface area contributed by atoms with Gasteiger partial charge < -0.3 is 15.4 Å². The molecule has 1 unspecified atom stereocenters. The first kappa shape index (κ1) is 13.5. The highest BCUT2D eigenvalue weighted by Crippen LogP contribution is 2.22. The van der Waals surface area contributed by atoms with Crippen LogP contribution in [0.25, 0.3) is 0 Å². The number of likely N-dealkylation sites (N-methyl/N-ethyl adjacent to an activating group) is 1. The molecule has 4 nitrogen and oxygen atoms in total. The van der Waals surface area contributed by atoms with Crippen molar-refractivity contribution in [1.82, 2.24) is 4.90 Å². The summed E-state index contributed by atoms with van der Waals surface area (Å²) in [5.74, 6) is -0.190. The molecule has 0 aromatic carbocycles. The summed E-state index contributed by atoms with van der Waals surface area (Å²) in [6.07, 6.45) is 2.26. The highest BCUT2D eigenvalue weighted by Gasteiger charge is 2.34. The smallest absolute Gasteiger partial charge is 0.308 e. The van der Waals surface area contributed by atoms with Crippen LogP contribution in [0.2, 0.25) is 0 Å². The fourth-order valence-corrected chi connectivity index (χ4v) is 2.21. The number of likely N-dealkylation sites (tertiary alicyclic amines) is 1. The van der Waals surface area contributed by atoms with Crippen molar-refractivity contribution >= 4 is 5.97 Å². The molecule has 0 aromatic rings. The first-order valence-corrected chi connectivity index (χ1v) is 5.89. The van der Waals surface area contributed by atoms with E-state index in [2.05, 4.69) is 4.90 Å². The summed E-state index contributed by atoms with van der Waals surface area (Å²) in [5.41, 5.74) is 5.40. The molecule has 0 saturated carbocycles. The number of nitrogens with two attached hydrogens (primary N) is 1. The second-order valence-corrected chi connectivity index (χ2v) is 5.97. The Kier molecular flexibility index (Phi) is 3.97. The van der Waals surface area contributed by atoms with Gasteiger partial charge in [-0.3, -0.25) is 4.79 Å². The van der Waals surface area contributed by atoms with Crippen molar-refractivity contribution < 1.29 is 9.53 Å². The van der Waals surface area contributed by atoms with E-state index >= 15 is 0 Å². The molecular weight excluding hydrogens is 204 g/mol. The fourth-order valence-electron chi connectivity index (χ4n) is 2.21. The highest BCUT2D eigenvalue weighted by molar-refractivity contribution is 5.71. The number of piperidine rings is 1. The largest absolute Gasteiger partial charge is 0.460 e. The van der Waals surface area contributed by atoms with E-state index in [4.69, 9.17) is 10.5 Å². The third kappa shape index (κ3) is 4.49. The van der Waals surface area contributed by atoms with Gasteiger partial charge in [0.2, 0.25) is 0 Å². The minimum Gasteiger partial charge on any atom is -0.460 e. The predicted molar refractivity (Wildman–Crippen MR) is 64.1 cm³/mol. The molecular formula is C12H24N2O2. The maximum atomic E-state index is 11.7. The summed E-state index contributed by atoms with van der Waals surface area (Å²) >= 11 is 0. The molecule has 4 heteroatoms. The molecule has 94 valence electrons. The van der Waals surface area contributed by atoms with Crippen LogP contribution in [0.1, 0.15) is 40.0 Å². The van der Waals surface area contributed by atoms with Crippen LogP contribution in [0.15, 0.2) is 0 Å². The summed E-state index contributed by atoms with van der Waals surface area (Å²) in [7, 11) is 2.04. The number of ether oxygens (including phenoxy) is 1. The van der Waals surface area contributed by atoms with Crippen LogP contribution >= 0.6 is 0 Å². The molecule has 0 amide bonds. The van der Waals surface area contributed by atoms with E-state index in [1.165, 1.54) is 0 Å².